The average Bonchev–Trinajstić information content (AvgIpc) is 1.66. The van der Waals surface area contributed by atoms with Crippen LogP contribution in [-0.4, -0.2) is 28.7 Å². The molecule has 10 heteroatoms. The fraction of sp³-hybridized carbons (Fsp3) is 0.222. The predicted molar refractivity (Wildman–Crippen MR) is 370 cm³/mol. The van der Waals surface area contributed by atoms with Gasteiger partial charge < -0.3 is 27.0 Å². The molecular formula is C81H75IrN6O3. The van der Waals surface area contributed by atoms with Crippen LogP contribution in [0.2, 0.25) is 0 Å². The van der Waals surface area contributed by atoms with Crippen LogP contribution in [0.15, 0.2) is 214 Å². The summed E-state index contributed by atoms with van der Waals surface area (Å²) >= 11 is 0. The number of hydrogen-bond donors (Lipinski definition) is 0. The van der Waals surface area contributed by atoms with Crippen LogP contribution in [0.25, 0.3) is 117 Å². The number of aromatic nitrogens is 6. The van der Waals surface area contributed by atoms with Gasteiger partial charge in [-0.3, -0.25) is 0 Å². The number of nitrogens with zero attached hydrogens (tertiary/aromatic N) is 6. The van der Waals surface area contributed by atoms with Crippen LogP contribution in [0.3, 0.4) is 0 Å². The van der Waals surface area contributed by atoms with E-state index < -0.39 is 0 Å². The molecule has 0 saturated carbocycles. The number of benzene rings is 9. The maximum Gasteiger partial charge on any atom is 3.00 e. The molecule has 0 bridgehead atoms. The van der Waals surface area contributed by atoms with Crippen LogP contribution in [0.5, 0.6) is 0 Å². The molecule has 0 atom stereocenters. The van der Waals surface area contributed by atoms with Gasteiger partial charge in [-0.05, 0) is 88.6 Å². The molecular weight excluding hydrogens is 1300 g/mol. The van der Waals surface area contributed by atoms with Crippen molar-refractivity contribution < 1.29 is 33.4 Å². The van der Waals surface area contributed by atoms with E-state index in [9.17, 15) is 0 Å². The Balaban J connectivity index is 0.000000131. The Labute approximate surface area is 546 Å². The van der Waals surface area contributed by atoms with Gasteiger partial charge in [-0.15, -0.1) is 0 Å². The second-order valence-electron chi connectivity index (χ2n) is 25.3. The summed E-state index contributed by atoms with van der Waals surface area (Å²) in [5, 5.41) is 7.09. The minimum atomic E-state index is 0. The zero-order valence-corrected chi connectivity index (χ0v) is 56.2. The topological polar surface area (TPSA) is 92.9 Å². The van der Waals surface area contributed by atoms with E-state index in [0.717, 1.165) is 67.7 Å². The second-order valence-corrected chi connectivity index (χ2v) is 25.3. The van der Waals surface area contributed by atoms with Crippen molar-refractivity contribution in [2.45, 2.75) is 119 Å². The van der Waals surface area contributed by atoms with E-state index in [4.69, 9.17) is 28.2 Å². The summed E-state index contributed by atoms with van der Waals surface area (Å²) in [6.07, 6.45) is 11.8. The standard InChI is InChI=1S/3C27H25N2O.Ir/c3*1-17(2)21-16-22-20-12-8-9-13-23(20)30-26(22)24(18(3)4)25(21)29-15-14-28-27(29)19-10-6-5-7-11-19;/h3*5-6,8-18H,1-4H3;/q3*-1;+3. The minimum Gasteiger partial charge on any atom is -0.456 e. The van der Waals surface area contributed by atoms with Crippen molar-refractivity contribution in [1.29, 1.82) is 0 Å². The average molecular weight is 1370 g/mol. The fourth-order valence-corrected chi connectivity index (χ4v) is 13.1. The number of rotatable bonds is 12. The first-order valence-corrected chi connectivity index (χ1v) is 31.6. The summed E-state index contributed by atoms with van der Waals surface area (Å²) in [5.74, 6) is 4.70. The van der Waals surface area contributed by atoms with E-state index in [0.29, 0.717) is 35.5 Å². The molecule has 15 rings (SSSR count). The molecule has 0 radical (unpaired) electrons. The van der Waals surface area contributed by atoms with Crippen LogP contribution in [0.4, 0.5) is 0 Å². The second kappa shape index (κ2) is 25.9. The van der Waals surface area contributed by atoms with E-state index in [-0.39, 0.29) is 20.1 Å². The Bertz CT molecular complexity index is 4530. The molecule has 0 aliphatic rings. The maximum absolute atomic E-state index is 6.42. The van der Waals surface area contributed by atoms with Gasteiger partial charge in [0.05, 0.1) is 34.5 Å². The molecule has 91 heavy (non-hydrogen) atoms. The monoisotopic (exact) mass is 1370 g/mol. The molecule has 9 aromatic carbocycles. The fourth-order valence-electron chi connectivity index (χ4n) is 13.1. The van der Waals surface area contributed by atoms with Gasteiger partial charge in [0, 0.05) is 86.2 Å². The molecule has 456 valence electrons. The van der Waals surface area contributed by atoms with Crippen LogP contribution in [0, 0.1) is 18.2 Å². The van der Waals surface area contributed by atoms with Gasteiger partial charge in [-0.2, -0.15) is 91.0 Å². The van der Waals surface area contributed by atoms with Crippen LogP contribution >= 0.6 is 0 Å². The largest absolute Gasteiger partial charge is 3.00 e. The summed E-state index contributed by atoms with van der Waals surface area (Å²) in [7, 11) is 0. The Morgan fingerprint density at radius 2 is 0.604 bits per heavy atom. The summed E-state index contributed by atoms with van der Waals surface area (Å²) < 4.78 is 25.9. The van der Waals surface area contributed by atoms with Crippen LogP contribution in [0.1, 0.15) is 152 Å². The predicted octanol–water partition coefficient (Wildman–Crippen LogP) is 22.5. The van der Waals surface area contributed by atoms with Gasteiger partial charge in [0.15, 0.2) is 0 Å². The summed E-state index contributed by atoms with van der Waals surface area (Å²) in [4.78, 5) is 14.1. The van der Waals surface area contributed by atoms with Gasteiger partial charge in [-0.1, -0.05) is 154 Å². The van der Waals surface area contributed by atoms with Gasteiger partial charge >= 0.3 is 20.1 Å². The molecule has 15 aromatic rings. The number of imidazole rings is 3. The first kappa shape index (κ1) is 61.9. The summed E-state index contributed by atoms with van der Waals surface area (Å²) in [5.41, 5.74) is 20.0. The first-order chi connectivity index (χ1) is 43.7. The molecule has 9 nitrogen and oxygen atoms in total. The number of fused-ring (bicyclic) bond motifs is 9. The molecule has 0 saturated heterocycles. The molecule has 0 N–H and O–H groups in total. The molecule has 6 heterocycles. The van der Waals surface area contributed by atoms with Crippen molar-refractivity contribution in [2.75, 3.05) is 0 Å². The Morgan fingerprint density at radius 3 is 0.846 bits per heavy atom. The van der Waals surface area contributed by atoms with Crippen molar-refractivity contribution in [1.82, 2.24) is 28.7 Å². The zero-order valence-electron chi connectivity index (χ0n) is 53.8. The summed E-state index contributed by atoms with van der Waals surface area (Å²) in [6, 6.07) is 65.4. The number of hydrogen-bond acceptors (Lipinski definition) is 6. The summed E-state index contributed by atoms with van der Waals surface area (Å²) in [6.45, 7) is 27.0. The zero-order chi connectivity index (χ0) is 62.5. The van der Waals surface area contributed by atoms with Gasteiger partial charge in [0.25, 0.3) is 0 Å². The van der Waals surface area contributed by atoms with Crippen LogP contribution < -0.4 is 0 Å². The van der Waals surface area contributed by atoms with Crippen molar-refractivity contribution >= 4 is 65.8 Å². The molecule has 0 amide bonds. The number of furan rings is 3. The van der Waals surface area contributed by atoms with E-state index >= 15 is 0 Å². The normalized spacial score (nSPS) is 11.8. The third-order valence-corrected chi connectivity index (χ3v) is 17.3. The van der Waals surface area contributed by atoms with E-state index in [1.54, 1.807) is 0 Å². The first-order valence-electron chi connectivity index (χ1n) is 31.6. The van der Waals surface area contributed by atoms with Gasteiger partial charge in [0.1, 0.15) is 33.5 Å². The molecule has 6 aromatic heterocycles. The van der Waals surface area contributed by atoms with Gasteiger partial charge in [-0.25, -0.2) is 15.0 Å². The molecule has 0 fully saturated rings. The van der Waals surface area contributed by atoms with Crippen molar-refractivity contribution in [3.63, 3.8) is 0 Å². The molecule has 0 spiro atoms. The van der Waals surface area contributed by atoms with Crippen molar-refractivity contribution in [3.8, 4) is 51.2 Å². The third-order valence-electron chi connectivity index (χ3n) is 17.3. The van der Waals surface area contributed by atoms with E-state index in [1.807, 2.05) is 91.4 Å². The van der Waals surface area contributed by atoms with Gasteiger partial charge in [0.2, 0.25) is 0 Å². The Morgan fingerprint density at radius 1 is 0.330 bits per heavy atom. The van der Waals surface area contributed by atoms with Crippen molar-refractivity contribution in [3.05, 3.63) is 253 Å². The smallest absolute Gasteiger partial charge is 0.456 e. The molecule has 0 aliphatic carbocycles. The van der Waals surface area contributed by atoms with E-state index in [1.165, 1.54) is 82.8 Å². The number of para-hydroxylation sites is 3. The SMILES string of the molecule is CC(C)c1cc2c(oc3ccccc32)c(C(C)C)c1-n1ccnc1-c1c[c-]ccc1.CC(C)c1cc2c(oc3ccccc32)c(C(C)C)c1-n1ccnc1-c1c[c-]ccc1.CC(C)c1cc2c(oc3ccccc32)c(C(C)C)c1-n1ccnc1-c1c[c-]ccc1.[Ir+3]. The van der Waals surface area contributed by atoms with E-state index in [2.05, 4.69) is 225 Å². The minimum absolute atomic E-state index is 0. The third kappa shape index (κ3) is 11.4. The molecule has 0 aliphatic heterocycles. The van der Waals surface area contributed by atoms with Crippen molar-refractivity contribution in [2.24, 2.45) is 0 Å². The maximum atomic E-state index is 6.42. The van der Waals surface area contributed by atoms with Crippen LogP contribution in [-0.2, 0) is 20.1 Å². The Kier molecular flexibility index (Phi) is 17.6. The quantitative estimate of drug-likeness (QED) is 0.113. The Hall–Kier alpha value is -9.34. The molecule has 0 unspecified atom stereocenters.